The molecule has 0 bridgehead atoms. The number of halogens is 2. The van der Waals surface area contributed by atoms with Gasteiger partial charge in [-0.25, -0.2) is 4.39 Å². The fourth-order valence-corrected chi connectivity index (χ4v) is 3.00. The van der Waals surface area contributed by atoms with Gasteiger partial charge in [0.25, 0.3) is 0 Å². The van der Waals surface area contributed by atoms with E-state index in [0.717, 1.165) is 25.3 Å². The van der Waals surface area contributed by atoms with E-state index in [0.29, 0.717) is 22.5 Å². The summed E-state index contributed by atoms with van der Waals surface area (Å²) in [7, 11) is 0. The number of hydrogen-bond donors (Lipinski definition) is 2. The lowest BCUT2D eigenvalue weighted by Crippen LogP contribution is -2.48. The van der Waals surface area contributed by atoms with Gasteiger partial charge in [-0.1, -0.05) is 6.07 Å². The molecule has 2 N–H and O–H groups in total. The highest BCUT2D eigenvalue weighted by Crippen LogP contribution is 2.38. The molecule has 3 rings (SSSR count). The van der Waals surface area contributed by atoms with Crippen molar-refractivity contribution >= 4 is 21.9 Å². The van der Waals surface area contributed by atoms with Gasteiger partial charge in [0.05, 0.1) is 11.0 Å². The first-order valence-corrected chi connectivity index (χ1v) is 7.43. The summed E-state index contributed by atoms with van der Waals surface area (Å²) in [5.41, 5.74) is 1.21. The Balaban J connectivity index is 1.53. The monoisotopic (exact) mass is 325 g/mol. The summed E-state index contributed by atoms with van der Waals surface area (Å²) >= 11 is 3.24. The molecule has 1 fully saturated rings. The van der Waals surface area contributed by atoms with Gasteiger partial charge in [-0.05, 0) is 59.3 Å². The van der Waals surface area contributed by atoms with Crippen molar-refractivity contribution in [3.05, 3.63) is 34.1 Å². The second kappa shape index (κ2) is 5.12. The molecule has 1 aliphatic carbocycles. The molecule has 102 valence electrons. The predicted molar refractivity (Wildman–Crippen MR) is 77.9 cm³/mol. The molecule has 1 aromatic carbocycles. The molecule has 0 amide bonds. The van der Waals surface area contributed by atoms with Gasteiger partial charge in [-0.3, -0.25) is 4.99 Å². The van der Waals surface area contributed by atoms with Crippen LogP contribution < -0.4 is 10.6 Å². The smallest absolute Gasteiger partial charge is 0.191 e. The minimum atomic E-state index is -0.198. The second-order valence-corrected chi connectivity index (χ2v) is 6.27. The van der Waals surface area contributed by atoms with E-state index >= 15 is 0 Å². The SMILES string of the molecule is CC1CN=C(NC2CC(c3ccc(F)c(Br)c3)C2)N1. The Morgan fingerprint density at radius 2 is 2.21 bits per heavy atom. The molecule has 0 saturated heterocycles. The van der Waals surface area contributed by atoms with E-state index in [2.05, 4.69) is 38.5 Å². The third kappa shape index (κ3) is 2.76. The van der Waals surface area contributed by atoms with E-state index in [9.17, 15) is 4.39 Å². The van der Waals surface area contributed by atoms with Gasteiger partial charge in [0, 0.05) is 12.1 Å². The third-order valence-electron chi connectivity index (χ3n) is 3.80. The zero-order chi connectivity index (χ0) is 13.4. The molecular formula is C14H17BrFN3. The summed E-state index contributed by atoms with van der Waals surface area (Å²) in [5.74, 6) is 1.25. The van der Waals surface area contributed by atoms with Crippen LogP contribution in [0.2, 0.25) is 0 Å². The molecule has 1 atom stereocenters. The standard InChI is InChI=1S/C14H17BrFN3/c1-8-7-17-14(18-8)19-11-4-10(5-11)9-2-3-13(16)12(15)6-9/h2-3,6,8,10-11H,4-5,7H2,1H3,(H2,17,18,19). The maximum atomic E-state index is 13.2. The Hall–Kier alpha value is -1.10. The van der Waals surface area contributed by atoms with E-state index in [-0.39, 0.29) is 5.82 Å². The van der Waals surface area contributed by atoms with Crippen molar-refractivity contribution in [3.8, 4) is 0 Å². The Morgan fingerprint density at radius 1 is 1.42 bits per heavy atom. The molecule has 0 aromatic heterocycles. The van der Waals surface area contributed by atoms with Crippen LogP contribution >= 0.6 is 15.9 Å². The van der Waals surface area contributed by atoms with Crippen molar-refractivity contribution in [2.45, 2.75) is 37.8 Å². The van der Waals surface area contributed by atoms with E-state index in [1.165, 1.54) is 11.6 Å². The topological polar surface area (TPSA) is 36.4 Å². The molecule has 1 aliphatic heterocycles. The first kappa shape index (κ1) is 12.9. The van der Waals surface area contributed by atoms with Crippen molar-refractivity contribution in [1.29, 1.82) is 0 Å². The summed E-state index contributed by atoms with van der Waals surface area (Å²) in [6, 6.07) is 6.22. The van der Waals surface area contributed by atoms with Gasteiger partial charge in [0.1, 0.15) is 5.82 Å². The molecular weight excluding hydrogens is 309 g/mol. The molecule has 1 saturated carbocycles. The van der Waals surface area contributed by atoms with Crippen molar-refractivity contribution in [3.63, 3.8) is 0 Å². The molecule has 3 nitrogen and oxygen atoms in total. The predicted octanol–water partition coefficient (Wildman–Crippen LogP) is 2.77. The van der Waals surface area contributed by atoms with E-state index < -0.39 is 0 Å². The Morgan fingerprint density at radius 3 is 2.84 bits per heavy atom. The maximum Gasteiger partial charge on any atom is 0.191 e. The second-order valence-electron chi connectivity index (χ2n) is 5.42. The molecule has 0 radical (unpaired) electrons. The van der Waals surface area contributed by atoms with E-state index in [4.69, 9.17) is 0 Å². The van der Waals surface area contributed by atoms with Crippen LogP contribution in [0, 0.1) is 5.82 Å². The highest BCUT2D eigenvalue weighted by molar-refractivity contribution is 9.10. The van der Waals surface area contributed by atoms with Crippen LogP contribution in [0.5, 0.6) is 0 Å². The average molecular weight is 326 g/mol. The van der Waals surface area contributed by atoms with Gasteiger partial charge in [-0.15, -0.1) is 0 Å². The minimum Gasteiger partial charge on any atom is -0.354 e. The van der Waals surface area contributed by atoms with Crippen molar-refractivity contribution in [1.82, 2.24) is 10.6 Å². The molecule has 1 unspecified atom stereocenters. The summed E-state index contributed by atoms with van der Waals surface area (Å²) in [5, 5.41) is 6.73. The zero-order valence-corrected chi connectivity index (χ0v) is 12.4. The largest absolute Gasteiger partial charge is 0.354 e. The number of guanidine groups is 1. The van der Waals surface area contributed by atoms with Crippen molar-refractivity contribution in [2.75, 3.05) is 6.54 Å². The average Bonchev–Trinajstić information content (AvgIpc) is 2.73. The van der Waals surface area contributed by atoms with Gasteiger partial charge in [0.2, 0.25) is 0 Å². The lowest BCUT2D eigenvalue weighted by atomic mass is 9.76. The van der Waals surface area contributed by atoms with Crippen LogP contribution in [0.1, 0.15) is 31.2 Å². The summed E-state index contributed by atoms with van der Waals surface area (Å²) in [4.78, 5) is 4.40. The number of rotatable bonds is 2. The summed E-state index contributed by atoms with van der Waals surface area (Å²) in [6.07, 6.45) is 2.15. The number of nitrogens with zero attached hydrogens (tertiary/aromatic N) is 1. The molecule has 19 heavy (non-hydrogen) atoms. The van der Waals surface area contributed by atoms with Gasteiger partial charge >= 0.3 is 0 Å². The number of hydrogen-bond acceptors (Lipinski definition) is 3. The van der Waals surface area contributed by atoms with Gasteiger partial charge in [0.15, 0.2) is 5.96 Å². The molecule has 1 aromatic rings. The highest BCUT2D eigenvalue weighted by atomic mass is 79.9. The van der Waals surface area contributed by atoms with Crippen LogP contribution in [-0.4, -0.2) is 24.6 Å². The number of nitrogens with one attached hydrogen (secondary N) is 2. The molecule has 1 heterocycles. The first-order valence-electron chi connectivity index (χ1n) is 6.64. The van der Waals surface area contributed by atoms with E-state index in [1.54, 1.807) is 0 Å². The summed E-state index contributed by atoms with van der Waals surface area (Å²) in [6.45, 7) is 2.97. The number of benzene rings is 1. The van der Waals surface area contributed by atoms with Crippen molar-refractivity contribution in [2.24, 2.45) is 4.99 Å². The van der Waals surface area contributed by atoms with Gasteiger partial charge in [-0.2, -0.15) is 0 Å². The van der Waals surface area contributed by atoms with Gasteiger partial charge < -0.3 is 10.6 Å². The van der Waals surface area contributed by atoms with Crippen LogP contribution in [0.25, 0.3) is 0 Å². The Bertz CT molecular complexity index is 511. The molecule has 0 spiro atoms. The lowest BCUT2D eigenvalue weighted by molar-refractivity contribution is 0.322. The third-order valence-corrected chi connectivity index (χ3v) is 4.41. The van der Waals surface area contributed by atoms with Crippen molar-refractivity contribution < 1.29 is 4.39 Å². The zero-order valence-electron chi connectivity index (χ0n) is 10.8. The van der Waals surface area contributed by atoms with Crippen LogP contribution in [0.4, 0.5) is 4.39 Å². The maximum absolute atomic E-state index is 13.2. The fourth-order valence-electron chi connectivity index (χ4n) is 2.61. The summed E-state index contributed by atoms with van der Waals surface area (Å²) < 4.78 is 13.7. The molecule has 5 heteroatoms. The quantitative estimate of drug-likeness (QED) is 0.877. The minimum absolute atomic E-state index is 0.198. The normalized spacial score (nSPS) is 29.4. The van der Waals surface area contributed by atoms with Crippen LogP contribution in [0.3, 0.4) is 0 Å². The molecule has 2 aliphatic rings. The van der Waals surface area contributed by atoms with Crippen LogP contribution in [0.15, 0.2) is 27.7 Å². The Kier molecular flexibility index (Phi) is 3.48. The lowest BCUT2D eigenvalue weighted by Gasteiger charge is -2.36. The van der Waals surface area contributed by atoms with E-state index in [1.807, 2.05) is 12.1 Å². The fraction of sp³-hybridized carbons (Fsp3) is 0.500. The first-order chi connectivity index (χ1) is 9.11. The Labute approximate surface area is 120 Å². The highest BCUT2D eigenvalue weighted by Gasteiger charge is 2.31. The number of aliphatic imine (C=N–C) groups is 1. The van der Waals surface area contributed by atoms with Crippen LogP contribution in [-0.2, 0) is 0 Å².